The maximum Gasteiger partial charge on any atom is 0.318 e. The molecule has 0 saturated heterocycles. The molecule has 2 aliphatic carbocycles. The van der Waals surface area contributed by atoms with Crippen molar-refractivity contribution >= 4 is 5.97 Å². The lowest BCUT2D eigenvalue weighted by Crippen LogP contribution is -2.32. The molecule has 0 aliphatic heterocycles. The van der Waals surface area contributed by atoms with Crippen molar-refractivity contribution in [3.05, 3.63) is 84.0 Å². The Morgan fingerprint density at radius 2 is 1.95 bits per heavy atom. The van der Waals surface area contributed by atoms with Crippen molar-refractivity contribution in [2.75, 3.05) is 0 Å². The van der Waals surface area contributed by atoms with Crippen molar-refractivity contribution < 1.29 is 9.90 Å². The second-order valence-electron chi connectivity index (χ2n) is 4.94. The molecule has 3 heteroatoms. The first-order valence-corrected chi connectivity index (χ1v) is 6.89. The molecule has 0 aromatic heterocycles. The molecule has 0 amide bonds. The first-order valence-electron chi connectivity index (χ1n) is 6.89. The zero-order valence-electron chi connectivity index (χ0n) is 11.8. The van der Waals surface area contributed by atoms with Gasteiger partial charge >= 0.3 is 5.97 Å². The second kappa shape index (κ2) is 6.86. The maximum atomic E-state index is 11.2. The van der Waals surface area contributed by atoms with Gasteiger partial charge in [0.2, 0.25) is 0 Å². The van der Waals surface area contributed by atoms with Crippen molar-refractivity contribution in [1.29, 1.82) is 0 Å². The van der Waals surface area contributed by atoms with E-state index in [0.717, 1.165) is 5.57 Å². The van der Waals surface area contributed by atoms with E-state index >= 15 is 0 Å². The lowest BCUT2D eigenvalue weighted by atomic mass is 9.72. The molecule has 0 saturated carbocycles. The summed E-state index contributed by atoms with van der Waals surface area (Å²) in [5.41, 5.74) is 6.60. The number of aliphatic carboxylic acids is 1. The highest BCUT2D eigenvalue weighted by Gasteiger charge is 2.39. The van der Waals surface area contributed by atoms with E-state index in [4.69, 9.17) is 10.8 Å². The van der Waals surface area contributed by atoms with Gasteiger partial charge in [-0.15, -0.1) is 0 Å². The summed E-state index contributed by atoms with van der Waals surface area (Å²) in [5, 5.41) is 9.16. The smallest absolute Gasteiger partial charge is 0.318 e. The number of allylic oxidation sites excluding steroid dienone is 6. The molecule has 0 heterocycles. The quantitative estimate of drug-likeness (QED) is 0.875. The normalized spacial score (nSPS) is 21.9. The minimum Gasteiger partial charge on any atom is -0.480 e. The van der Waals surface area contributed by atoms with Crippen LogP contribution in [0.5, 0.6) is 0 Å². The molecule has 3 rings (SSSR count). The van der Waals surface area contributed by atoms with E-state index < -0.39 is 11.4 Å². The van der Waals surface area contributed by atoms with Crippen molar-refractivity contribution in [2.24, 2.45) is 11.1 Å². The Morgan fingerprint density at radius 3 is 2.52 bits per heavy atom. The van der Waals surface area contributed by atoms with E-state index in [2.05, 4.69) is 0 Å². The van der Waals surface area contributed by atoms with Crippen LogP contribution in [0, 0.1) is 5.41 Å². The summed E-state index contributed by atoms with van der Waals surface area (Å²) in [5.74, 6) is -0.774. The van der Waals surface area contributed by atoms with Gasteiger partial charge in [0.25, 0.3) is 0 Å². The lowest BCUT2D eigenvalue weighted by Gasteiger charge is -2.29. The Bertz CT molecular complexity index is 611. The Balaban J connectivity index is 0.000000173. The average molecular weight is 281 g/mol. The molecule has 0 fully saturated rings. The number of benzene rings is 1. The second-order valence-corrected chi connectivity index (χ2v) is 4.94. The van der Waals surface area contributed by atoms with E-state index in [1.54, 1.807) is 12.2 Å². The van der Waals surface area contributed by atoms with E-state index in [-0.39, 0.29) is 0 Å². The monoisotopic (exact) mass is 281 g/mol. The van der Waals surface area contributed by atoms with Crippen LogP contribution in [0.2, 0.25) is 0 Å². The minimum absolute atomic E-state index is 0.551. The molecular weight excluding hydrogens is 262 g/mol. The first kappa shape index (κ1) is 15.0. The van der Waals surface area contributed by atoms with Gasteiger partial charge in [-0.3, -0.25) is 4.79 Å². The Kier molecular flexibility index (Phi) is 4.90. The summed E-state index contributed by atoms with van der Waals surface area (Å²) in [4.78, 5) is 11.2. The molecule has 21 heavy (non-hydrogen) atoms. The number of hydrogen-bond donors (Lipinski definition) is 2. The van der Waals surface area contributed by atoms with Gasteiger partial charge in [0.05, 0.1) is 0 Å². The van der Waals surface area contributed by atoms with Crippen LogP contribution in [-0.2, 0) is 11.3 Å². The van der Waals surface area contributed by atoms with Crippen molar-refractivity contribution in [2.45, 2.75) is 13.0 Å². The molecule has 0 spiro atoms. The van der Waals surface area contributed by atoms with E-state index in [1.807, 2.05) is 60.7 Å². The fourth-order valence-electron chi connectivity index (χ4n) is 2.34. The van der Waals surface area contributed by atoms with Crippen LogP contribution in [0.25, 0.3) is 0 Å². The predicted octanol–water partition coefficient (Wildman–Crippen LogP) is 3.22. The number of carboxylic acids is 1. The van der Waals surface area contributed by atoms with E-state index in [9.17, 15) is 4.79 Å². The minimum atomic E-state index is -0.802. The number of hydrogen-bond acceptors (Lipinski definition) is 2. The Hall–Kier alpha value is -2.39. The first-order chi connectivity index (χ1) is 10.2. The number of fused-ring (bicyclic) bond motifs is 1. The molecular formula is C18H19NO2. The van der Waals surface area contributed by atoms with Gasteiger partial charge in [0.15, 0.2) is 0 Å². The summed E-state index contributed by atoms with van der Waals surface area (Å²) >= 11 is 0. The molecule has 1 aromatic rings. The fraction of sp³-hybridized carbons (Fsp3) is 0.167. The number of nitrogens with two attached hydrogens (primary N) is 1. The third-order valence-electron chi connectivity index (χ3n) is 3.59. The zero-order valence-corrected chi connectivity index (χ0v) is 11.8. The average Bonchev–Trinajstić information content (AvgIpc) is 2.56. The molecule has 1 atom stereocenters. The van der Waals surface area contributed by atoms with Crippen LogP contribution in [0.3, 0.4) is 0 Å². The number of rotatable bonds is 2. The topological polar surface area (TPSA) is 63.3 Å². The van der Waals surface area contributed by atoms with Gasteiger partial charge in [0, 0.05) is 6.54 Å². The van der Waals surface area contributed by atoms with Gasteiger partial charge in [-0.25, -0.2) is 0 Å². The van der Waals surface area contributed by atoms with E-state index in [0.29, 0.717) is 13.0 Å². The summed E-state index contributed by atoms with van der Waals surface area (Å²) in [6.45, 7) is 0.640. The van der Waals surface area contributed by atoms with Gasteiger partial charge < -0.3 is 10.8 Å². The summed E-state index contributed by atoms with van der Waals surface area (Å²) in [7, 11) is 0. The fourth-order valence-corrected chi connectivity index (χ4v) is 2.34. The van der Waals surface area contributed by atoms with Crippen LogP contribution in [0.1, 0.15) is 12.0 Å². The Labute approximate surface area is 124 Å². The lowest BCUT2D eigenvalue weighted by molar-refractivity contribution is -0.143. The highest BCUT2D eigenvalue weighted by Crippen LogP contribution is 2.39. The van der Waals surface area contributed by atoms with Gasteiger partial charge in [-0.05, 0) is 17.6 Å². The molecule has 0 bridgehead atoms. The molecule has 3 nitrogen and oxygen atoms in total. The summed E-state index contributed by atoms with van der Waals surface area (Å²) < 4.78 is 0. The molecule has 1 aromatic carbocycles. The van der Waals surface area contributed by atoms with Gasteiger partial charge in [-0.2, -0.15) is 0 Å². The molecule has 2 aliphatic rings. The maximum absolute atomic E-state index is 11.2. The predicted molar refractivity (Wildman–Crippen MR) is 84.5 cm³/mol. The molecule has 3 N–H and O–H groups in total. The highest BCUT2D eigenvalue weighted by molar-refractivity contribution is 5.84. The van der Waals surface area contributed by atoms with Crippen LogP contribution < -0.4 is 5.73 Å². The van der Waals surface area contributed by atoms with Gasteiger partial charge in [-0.1, -0.05) is 72.9 Å². The standard InChI is InChI=1S/C11H10O2.C7H9N/c12-10(13)11-7-3-1-5-9(11)6-2-4-8-11;8-6-7-4-2-1-3-5-7/h1-7H,8H2,(H,12,13);1-5H,6,8H2. The SMILES string of the molecule is NCc1ccccc1.O=C(O)C12C=CC=CC1=CC=CC2. The molecule has 108 valence electrons. The van der Waals surface area contributed by atoms with Crippen LogP contribution in [0.15, 0.2) is 78.4 Å². The molecule has 0 radical (unpaired) electrons. The van der Waals surface area contributed by atoms with Crippen molar-refractivity contribution in [3.63, 3.8) is 0 Å². The van der Waals surface area contributed by atoms with Crippen LogP contribution >= 0.6 is 0 Å². The number of carbonyl (C=O) groups is 1. The van der Waals surface area contributed by atoms with E-state index in [1.165, 1.54) is 5.56 Å². The highest BCUT2D eigenvalue weighted by atomic mass is 16.4. The largest absolute Gasteiger partial charge is 0.480 e. The van der Waals surface area contributed by atoms with Crippen molar-refractivity contribution in [1.82, 2.24) is 0 Å². The third kappa shape index (κ3) is 3.38. The third-order valence-corrected chi connectivity index (χ3v) is 3.59. The summed E-state index contributed by atoms with van der Waals surface area (Å²) in [6, 6.07) is 9.99. The Morgan fingerprint density at radius 1 is 1.19 bits per heavy atom. The van der Waals surface area contributed by atoms with Crippen LogP contribution in [-0.4, -0.2) is 11.1 Å². The van der Waals surface area contributed by atoms with Crippen molar-refractivity contribution in [3.8, 4) is 0 Å². The molecule has 1 unspecified atom stereocenters. The number of carboxylic acid groups (broad SMARTS) is 1. The van der Waals surface area contributed by atoms with Crippen LogP contribution in [0.4, 0.5) is 0 Å². The zero-order chi connectivity index (χ0) is 15.1. The van der Waals surface area contributed by atoms with Gasteiger partial charge in [0.1, 0.15) is 5.41 Å². The summed E-state index contributed by atoms with van der Waals surface area (Å²) in [6.07, 6.45) is 13.5.